The van der Waals surface area contributed by atoms with Crippen molar-refractivity contribution in [1.82, 2.24) is 14.6 Å². The van der Waals surface area contributed by atoms with E-state index >= 15 is 0 Å². The van der Waals surface area contributed by atoms with Crippen molar-refractivity contribution in [3.05, 3.63) is 28.1 Å². The molecule has 0 bridgehead atoms. The molecule has 0 saturated heterocycles. The van der Waals surface area contributed by atoms with Crippen LogP contribution in [-0.4, -0.2) is 25.7 Å². The largest absolute Gasteiger partial charge is 0.477 e. The van der Waals surface area contributed by atoms with Crippen LogP contribution in [0.2, 0.25) is 0 Å². The number of aromatic carboxylic acids is 1. The Hall–Kier alpha value is -1.43. The monoisotopic (exact) mass is 297 g/mol. The number of halogens is 1. The quantitative estimate of drug-likeness (QED) is 0.878. The Bertz CT molecular complexity index is 599. The summed E-state index contributed by atoms with van der Waals surface area (Å²) in [6.07, 6.45) is 3.26. The maximum atomic E-state index is 11.3. The second kappa shape index (κ2) is 3.80. The normalized spacial score (nSPS) is 12.0. The van der Waals surface area contributed by atoms with Gasteiger partial charge in [-0.15, -0.1) is 0 Å². The number of fused-ring (bicyclic) bond motifs is 1. The summed E-state index contributed by atoms with van der Waals surface area (Å²) in [5.74, 6) is -1.00. The fourth-order valence-electron chi connectivity index (χ4n) is 1.63. The predicted molar refractivity (Wildman–Crippen MR) is 66.3 cm³/mol. The van der Waals surface area contributed by atoms with Gasteiger partial charge in [0.05, 0.1) is 10.2 Å². The molecule has 17 heavy (non-hydrogen) atoms. The van der Waals surface area contributed by atoms with Gasteiger partial charge in [0.2, 0.25) is 0 Å². The standard InChI is InChI=1S/C11H12BrN3O2/c1-11(2,3)8-7(10(16)17)9-13-4-6(12)5-15(9)14-8/h4-5H,1-3H3,(H,16,17). The second-order valence-corrected chi connectivity index (χ2v) is 5.73. The van der Waals surface area contributed by atoms with Gasteiger partial charge in [0, 0.05) is 17.8 Å². The Balaban J connectivity index is 2.84. The Morgan fingerprint density at radius 1 is 1.47 bits per heavy atom. The van der Waals surface area contributed by atoms with Gasteiger partial charge in [-0.25, -0.2) is 14.3 Å². The Kier molecular flexibility index (Phi) is 2.69. The maximum absolute atomic E-state index is 11.3. The van der Waals surface area contributed by atoms with Gasteiger partial charge >= 0.3 is 5.97 Å². The highest BCUT2D eigenvalue weighted by Crippen LogP contribution is 2.27. The van der Waals surface area contributed by atoms with Crippen molar-refractivity contribution in [2.75, 3.05) is 0 Å². The zero-order valence-electron chi connectivity index (χ0n) is 9.73. The minimum absolute atomic E-state index is 0.171. The maximum Gasteiger partial charge on any atom is 0.341 e. The van der Waals surface area contributed by atoms with Crippen LogP contribution in [0.1, 0.15) is 36.8 Å². The summed E-state index contributed by atoms with van der Waals surface area (Å²) in [7, 11) is 0. The third-order valence-corrected chi connectivity index (χ3v) is 2.77. The highest BCUT2D eigenvalue weighted by molar-refractivity contribution is 9.10. The molecule has 2 heterocycles. The van der Waals surface area contributed by atoms with Crippen LogP contribution in [0.15, 0.2) is 16.9 Å². The number of carboxylic acids is 1. The molecule has 90 valence electrons. The Morgan fingerprint density at radius 2 is 2.12 bits per heavy atom. The number of hydrogen-bond acceptors (Lipinski definition) is 3. The van der Waals surface area contributed by atoms with Gasteiger partial charge in [0.25, 0.3) is 0 Å². The third kappa shape index (κ3) is 2.04. The van der Waals surface area contributed by atoms with Crippen molar-refractivity contribution in [2.45, 2.75) is 26.2 Å². The van der Waals surface area contributed by atoms with E-state index in [-0.39, 0.29) is 11.0 Å². The molecule has 2 aromatic rings. The minimum Gasteiger partial charge on any atom is -0.477 e. The molecular weight excluding hydrogens is 286 g/mol. The molecule has 1 N–H and O–H groups in total. The van der Waals surface area contributed by atoms with E-state index in [0.717, 1.165) is 4.47 Å². The molecule has 2 rings (SSSR count). The summed E-state index contributed by atoms with van der Waals surface area (Å²) in [6.45, 7) is 5.78. The molecule has 0 saturated carbocycles. The average Bonchev–Trinajstić information content (AvgIpc) is 2.55. The molecule has 0 spiro atoms. The molecule has 6 heteroatoms. The van der Waals surface area contributed by atoms with Crippen molar-refractivity contribution in [3.8, 4) is 0 Å². The molecule has 0 aliphatic heterocycles. The van der Waals surface area contributed by atoms with Gasteiger partial charge in [0.1, 0.15) is 5.56 Å². The van der Waals surface area contributed by atoms with Gasteiger partial charge in [-0.05, 0) is 15.9 Å². The molecule has 0 radical (unpaired) electrons. The number of carbonyl (C=O) groups is 1. The Labute approximate surface area is 107 Å². The summed E-state index contributed by atoms with van der Waals surface area (Å²) >= 11 is 3.28. The summed E-state index contributed by atoms with van der Waals surface area (Å²) in [4.78, 5) is 15.4. The van der Waals surface area contributed by atoms with Crippen LogP contribution < -0.4 is 0 Å². The molecule has 0 amide bonds. The van der Waals surface area contributed by atoms with Crippen molar-refractivity contribution < 1.29 is 9.90 Å². The van der Waals surface area contributed by atoms with Gasteiger partial charge in [-0.2, -0.15) is 5.10 Å². The van der Waals surface area contributed by atoms with Crippen LogP contribution in [0.25, 0.3) is 5.65 Å². The molecule has 0 aromatic carbocycles. The summed E-state index contributed by atoms with van der Waals surface area (Å²) in [6, 6.07) is 0. The molecule has 0 unspecified atom stereocenters. The van der Waals surface area contributed by atoms with E-state index < -0.39 is 5.97 Å². The van der Waals surface area contributed by atoms with Gasteiger partial charge in [0.15, 0.2) is 5.65 Å². The first-order chi connectivity index (χ1) is 7.80. The molecule has 5 nitrogen and oxygen atoms in total. The van der Waals surface area contributed by atoms with E-state index in [1.165, 1.54) is 4.52 Å². The predicted octanol–water partition coefficient (Wildman–Crippen LogP) is 2.49. The molecular formula is C11H12BrN3O2. The highest BCUT2D eigenvalue weighted by Gasteiger charge is 2.28. The summed E-state index contributed by atoms with van der Waals surface area (Å²) < 4.78 is 2.25. The fraction of sp³-hybridized carbons (Fsp3) is 0.364. The topological polar surface area (TPSA) is 67.5 Å². The van der Waals surface area contributed by atoms with Crippen molar-refractivity contribution in [2.24, 2.45) is 0 Å². The first-order valence-corrected chi connectivity index (χ1v) is 5.87. The molecule has 0 aliphatic carbocycles. The highest BCUT2D eigenvalue weighted by atomic mass is 79.9. The molecule has 0 aliphatic rings. The average molecular weight is 298 g/mol. The lowest BCUT2D eigenvalue weighted by Crippen LogP contribution is -2.16. The van der Waals surface area contributed by atoms with Crippen LogP contribution in [-0.2, 0) is 5.41 Å². The zero-order valence-corrected chi connectivity index (χ0v) is 11.3. The lowest BCUT2D eigenvalue weighted by molar-refractivity contribution is 0.0696. The van der Waals surface area contributed by atoms with Gasteiger partial charge in [-0.1, -0.05) is 20.8 Å². The van der Waals surface area contributed by atoms with E-state index in [0.29, 0.717) is 11.3 Å². The van der Waals surface area contributed by atoms with Crippen molar-refractivity contribution >= 4 is 27.5 Å². The van der Waals surface area contributed by atoms with Crippen LogP contribution in [0, 0.1) is 0 Å². The first kappa shape index (κ1) is 12.0. The van der Waals surface area contributed by atoms with E-state index in [1.807, 2.05) is 20.8 Å². The van der Waals surface area contributed by atoms with Crippen molar-refractivity contribution in [3.63, 3.8) is 0 Å². The van der Waals surface area contributed by atoms with Crippen LogP contribution in [0.4, 0.5) is 0 Å². The summed E-state index contributed by atoms with van der Waals surface area (Å²) in [5.41, 5.74) is 0.736. The van der Waals surface area contributed by atoms with Crippen molar-refractivity contribution in [1.29, 1.82) is 0 Å². The fourth-order valence-corrected chi connectivity index (χ4v) is 1.93. The number of carboxylic acid groups (broad SMARTS) is 1. The molecule has 0 fully saturated rings. The van der Waals surface area contributed by atoms with Crippen LogP contribution in [0.3, 0.4) is 0 Å². The second-order valence-electron chi connectivity index (χ2n) is 4.82. The lowest BCUT2D eigenvalue weighted by atomic mass is 9.89. The zero-order chi connectivity index (χ0) is 12.8. The van der Waals surface area contributed by atoms with E-state index in [4.69, 9.17) is 0 Å². The van der Waals surface area contributed by atoms with Gasteiger partial charge in [-0.3, -0.25) is 0 Å². The van der Waals surface area contributed by atoms with Crippen LogP contribution in [0.5, 0.6) is 0 Å². The number of hydrogen-bond donors (Lipinski definition) is 1. The number of nitrogens with zero attached hydrogens (tertiary/aromatic N) is 3. The number of aromatic nitrogens is 3. The lowest BCUT2D eigenvalue weighted by Gasteiger charge is -2.15. The van der Waals surface area contributed by atoms with E-state index in [2.05, 4.69) is 26.0 Å². The molecule has 2 aromatic heterocycles. The smallest absolute Gasteiger partial charge is 0.341 e. The van der Waals surface area contributed by atoms with Crippen LogP contribution >= 0.6 is 15.9 Å². The molecule has 0 atom stereocenters. The van der Waals surface area contributed by atoms with E-state index in [9.17, 15) is 9.90 Å². The summed E-state index contributed by atoms with van der Waals surface area (Å²) in [5, 5.41) is 13.6. The Morgan fingerprint density at radius 3 is 2.65 bits per heavy atom. The first-order valence-electron chi connectivity index (χ1n) is 5.08. The van der Waals surface area contributed by atoms with Gasteiger partial charge < -0.3 is 5.11 Å². The van der Waals surface area contributed by atoms with E-state index in [1.54, 1.807) is 12.4 Å². The minimum atomic E-state index is -1.00. The SMILES string of the molecule is CC(C)(C)c1nn2cc(Br)cnc2c1C(=O)O. The number of rotatable bonds is 1. The third-order valence-electron chi connectivity index (χ3n) is 2.37.